The molecule has 5 rings (SSSR count). The Hall–Kier alpha value is -2.03. The largest absolute Gasteiger partial charge is 0.375 e. The summed E-state index contributed by atoms with van der Waals surface area (Å²) in [5.41, 5.74) is 3.90. The van der Waals surface area contributed by atoms with Gasteiger partial charge in [0, 0.05) is 23.2 Å². The quantitative estimate of drug-likeness (QED) is 0.588. The van der Waals surface area contributed by atoms with Crippen molar-refractivity contribution in [2.45, 2.75) is 30.9 Å². The Kier molecular flexibility index (Phi) is 3.69. The molecule has 0 radical (unpaired) electrons. The zero-order chi connectivity index (χ0) is 16.8. The summed E-state index contributed by atoms with van der Waals surface area (Å²) in [7, 11) is 0. The van der Waals surface area contributed by atoms with E-state index in [9.17, 15) is 0 Å². The second-order valence-electron chi connectivity index (χ2n) is 7.01. The van der Waals surface area contributed by atoms with Crippen LogP contribution in [0.5, 0.6) is 0 Å². The van der Waals surface area contributed by atoms with Gasteiger partial charge in [-0.3, -0.25) is 0 Å². The molecule has 3 aromatic carbocycles. The van der Waals surface area contributed by atoms with Crippen LogP contribution >= 0.6 is 11.6 Å². The number of nitrogens with one attached hydrogen (secondary N) is 1. The molecule has 0 aliphatic carbocycles. The summed E-state index contributed by atoms with van der Waals surface area (Å²) in [6, 6.07) is 21.4. The Labute approximate surface area is 152 Å². The van der Waals surface area contributed by atoms with Crippen molar-refractivity contribution in [1.82, 2.24) is 0 Å². The van der Waals surface area contributed by atoms with Crippen LogP contribution in [0.4, 0.5) is 5.69 Å². The van der Waals surface area contributed by atoms with Gasteiger partial charge in [-0.05, 0) is 52.9 Å². The molecule has 1 N–H and O–H groups in total. The molecule has 2 nitrogen and oxygen atoms in total. The van der Waals surface area contributed by atoms with Gasteiger partial charge in [-0.1, -0.05) is 54.1 Å². The summed E-state index contributed by atoms with van der Waals surface area (Å²) in [5, 5.41) is 7.18. The van der Waals surface area contributed by atoms with Crippen LogP contribution in [0.3, 0.4) is 0 Å². The lowest BCUT2D eigenvalue weighted by atomic mass is 9.76. The van der Waals surface area contributed by atoms with Crippen LogP contribution < -0.4 is 5.32 Å². The van der Waals surface area contributed by atoms with Crippen LogP contribution in [0.25, 0.3) is 10.8 Å². The van der Waals surface area contributed by atoms with E-state index in [-0.39, 0.29) is 12.1 Å². The zero-order valence-electron chi connectivity index (χ0n) is 13.9. The Morgan fingerprint density at radius 1 is 0.960 bits per heavy atom. The number of anilines is 1. The molecule has 1 saturated heterocycles. The lowest BCUT2D eigenvalue weighted by molar-refractivity contribution is -0.0149. The Bertz CT molecular complexity index is 921. The van der Waals surface area contributed by atoms with E-state index < -0.39 is 0 Å². The number of hydrogen-bond acceptors (Lipinski definition) is 2. The average molecular weight is 350 g/mol. The molecule has 0 amide bonds. The first-order valence-corrected chi connectivity index (χ1v) is 9.34. The second-order valence-corrected chi connectivity index (χ2v) is 7.44. The first-order valence-electron chi connectivity index (χ1n) is 8.96. The summed E-state index contributed by atoms with van der Waals surface area (Å²) in [6.45, 7) is 0.840. The van der Waals surface area contributed by atoms with E-state index in [0.29, 0.717) is 5.92 Å². The lowest BCUT2D eigenvalue weighted by Crippen LogP contribution is -2.41. The minimum absolute atomic E-state index is 0.160. The zero-order valence-corrected chi connectivity index (χ0v) is 14.7. The molecule has 0 spiro atoms. The molecule has 3 aromatic rings. The minimum atomic E-state index is 0.160. The summed E-state index contributed by atoms with van der Waals surface area (Å²) >= 11 is 6.08. The molecule has 1 fully saturated rings. The van der Waals surface area contributed by atoms with Gasteiger partial charge in [0.1, 0.15) is 0 Å². The van der Waals surface area contributed by atoms with Crippen LogP contribution in [-0.4, -0.2) is 12.7 Å². The average Bonchev–Trinajstić information content (AvgIpc) is 2.67. The first-order chi connectivity index (χ1) is 12.3. The third-order valence-electron chi connectivity index (χ3n) is 5.58. The highest BCUT2D eigenvalue weighted by Crippen LogP contribution is 2.48. The molecule has 0 saturated carbocycles. The molecule has 2 aliphatic heterocycles. The number of benzene rings is 3. The topological polar surface area (TPSA) is 21.3 Å². The van der Waals surface area contributed by atoms with Crippen molar-refractivity contribution in [3.63, 3.8) is 0 Å². The molecular formula is C22H20ClNO. The van der Waals surface area contributed by atoms with Gasteiger partial charge in [0.2, 0.25) is 0 Å². The SMILES string of the molecule is Clc1ccc([C@H]2Nc3ccc4ccccc4c3[C@H]3CCCO[C@H]32)cc1. The van der Waals surface area contributed by atoms with Gasteiger partial charge in [0.05, 0.1) is 12.1 Å². The number of halogens is 1. The maximum absolute atomic E-state index is 6.29. The Balaban J connectivity index is 1.66. The van der Waals surface area contributed by atoms with E-state index in [1.807, 2.05) is 12.1 Å². The smallest absolute Gasteiger partial charge is 0.0887 e. The highest BCUT2D eigenvalue weighted by atomic mass is 35.5. The highest BCUT2D eigenvalue weighted by molar-refractivity contribution is 6.30. The molecule has 2 heterocycles. The van der Waals surface area contributed by atoms with Crippen molar-refractivity contribution in [1.29, 1.82) is 0 Å². The molecule has 126 valence electrons. The summed E-state index contributed by atoms with van der Waals surface area (Å²) in [4.78, 5) is 0. The van der Waals surface area contributed by atoms with E-state index in [4.69, 9.17) is 16.3 Å². The van der Waals surface area contributed by atoms with Crippen molar-refractivity contribution in [2.24, 2.45) is 0 Å². The molecule has 3 atom stereocenters. The van der Waals surface area contributed by atoms with Gasteiger partial charge in [-0.25, -0.2) is 0 Å². The third kappa shape index (κ3) is 2.52. The fraction of sp³-hybridized carbons (Fsp3) is 0.273. The van der Waals surface area contributed by atoms with Crippen LogP contribution in [0, 0.1) is 0 Å². The Morgan fingerprint density at radius 3 is 2.68 bits per heavy atom. The van der Waals surface area contributed by atoms with Gasteiger partial charge in [0.15, 0.2) is 0 Å². The van der Waals surface area contributed by atoms with Gasteiger partial charge < -0.3 is 10.1 Å². The van der Waals surface area contributed by atoms with Gasteiger partial charge in [-0.15, -0.1) is 0 Å². The molecule has 0 bridgehead atoms. The van der Waals surface area contributed by atoms with Crippen molar-refractivity contribution in [3.05, 3.63) is 76.8 Å². The number of ether oxygens (including phenoxy) is 1. The lowest BCUT2D eigenvalue weighted by Gasteiger charge is -2.44. The van der Waals surface area contributed by atoms with Crippen molar-refractivity contribution < 1.29 is 4.74 Å². The van der Waals surface area contributed by atoms with E-state index in [1.165, 1.54) is 34.0 Å². The van der Waals surface area contributed by atoms with Crippen LogP contribution in [-0.2, 0) is 4.74 Å². The summed E-state index contributed by atoms with van der Waals surface area (Å²) < 4.78 is 6.29. The van der Waals surface area contributed by atoms with Gasteiger partial charge in [0.25, 0.3) is 0 Å². The highest BCUT2D eigenvalue weighted by Gasteiger charge is 2.40. The van der Waals surface area contributed by atoms with Crippen molar-refractivity contribution in [3.8, 4) is 0 Å². The molecule has 0 aromatic heterocycles. The van der Waals surface area contributed by atoms with E-state index >= 15 is 0 Å². The second kappa shape index (κ2) is 6.05. The monoisotopic (exact) mass is 349 g/mol. The normalized spacial score (nSPS) is 25.1. The fourth-order valence-corrected chi connectivity index (χ4v) is 4.58. The van der Waals surface area contributed by atoms with Crippen molar-refractivity contribution >= 4 is 28.1 Å². The van der Waals surface area contributed by atoms with E-state index in [1.54, 1.807) is 0 Å². The van der Waals surface area contributed by atoms with E-state index in [0.717, 1.165) is 18.1 Å². The van der Waals surface area contributed by atoms with Crippen molar-refractivity contribution in [2.75, 3.05) is 11.9 Å². The number of rotatable bonds is 1. The first kappa shape index (κ1) is 15.2. The number of fused-ring (bicyclic) bond motifs is 5. The van der Waals surface area contributed by atoms with Crippen LogP contribution in [0.2, 0.25) is 5.02 Å². The van der Waals surface area contributed by atoms with Crippen LogP contribution in [0.15, 0.2) is 60.7 Å². The third-order valence-corrected chi connectivity index (χ3v) is 5.83. The fourth-order valence-electron chi connectivity index (χ4n) is 4.45. The Morgan fingerprint density at radius 2 is 1.80 bits per heavy atom. The predicted molar refractivity (Wildman–Crippen MR) is 103 cm³/mol. The minimum Gasteiger partial charge on any atom is -0.375 e. The predicted octanol–water partition coefficient (Wildman–Crippen LogP) is 5.92. The standard InChI is InChI=1S/C22H20ClNO/c23-16-10-7-15(8-11-16)21-22-18(6-3-13-25-22)20-17-5-2-1-4-14(17)9-12-19(20)24-21/h1-2,4-5,7-12,18,21-22,24H,3,6,13H2/t18-,21-,22-/m1/s1. The molecule has 3 heteroatoms. The molecular weight excluding hydrogens is 330 g/mol. The summed E-state index contributed by atoms with van der Waals surface area (Å²) in [6.07, 6.45) is 2.46. The van der Waals surface area contributed by atoms with Gasteiger partial charge in [-0.2, -0.15) is 0 Å². The van der Waals surface area contributed by atoms with E-state index in [2.05, 4.69) is 53.8 Å². The maximum Gasteiger partial charge on any atom is 0.0887 e. The maximum atomic E-state index is 6.29. The van der Waals surface area contributed by atoms with Gasteiger partial charge >= 0.3 is 0 Å². The summed E-state index contributed by atoms with van der Waals surface area (Å²) in [5.74, 6) is 0.428. The molecule has 2 aliphatic rings. The number of hydrogen-bond donors (Lipinski definition) is 1. The molecule has 25 heavy (non-hydrogen) atoms. The van der Waals surface area contributed by atoms with Crippen LogP contribution in [0.1, 0.15) is 35.9 Å². The molecule has 0 unspecified atom stereocenters.